The van der Waals surface area contributed by atoms with Crippen LogP contribution in [-0.4, -0.2) is 29.7 Å². The Morgan fingerprint density at radius 3 is 2.83 bits per heavy atom. The van der Waals surface area contributed by atoms with Gasteiger partial charge in [-0.3, -0.25) is 9.38 Å². The number of rotatable bonds is 3. The van der Waals surface area contributed by atoms with Crippen molar-refractivity contribution in [3.05, 3.63) is 63.9 Å². The molecule has 5 aromatic rings. The quantitative estimate of drug-likeness (QED) is 0.275. The predicted octanol–water partition coefficient (Wildman–Crippen LogP) is 6.51. The number of hydrogen-bond donors (Lipinski definition) is 0. The molecular formula is C21H13BrClN5S2. The first-order valence-electron chi connectivity index (χ1n) is 9.24. The third-order valence-corrected chi connectivity index (χ3v) is 7.80. The largest absolute Gasteiger partial charge is 0.325 e. The van der Waals surface area contributed by atoms with Gasteiger partial charge in [0.2, 0.25) is 0 Å². The molecule has 4 aromatic heterocycles. The van der Waals surface area contributed by atoms with Crippen LogP contribution in [0.2, 0.25) is 5.02 Å². The van der Waals surface area contributed by atoms with E-state index in [4.69, 9.17) is 16.6 Å². The Kier molecular flexibility index (Phi) is 4.49. The molecule has 5 nitrogen and oxygen atoms in total. The van der Waals surface area contributed by atoms with Gasteiger partial charge in [0.05, 0.1) is 16.4 Å². The van der Waals surface area contributed by atoms with Crippen LogP contribution < -0.4 is 0 Å². The van der Waals surface area contributed by atoms with Gasteiger partial charge in [0.15, 0.2) is 10.1 Å². The Bertz CT molecular complexity index is 1370. The van der Waals surface area contributed by atoms with E-state index in [0.29, 0.717) is 5.02 Å². The summed E-state index contributed by atoms with van der Waals surface area (Å²) in [5.74, 6) is 1.09. The molecule has 0 saturated heterocycles. The maximum Gasteiger partial charge on any atom is 0.194 e. The summed E-state index contributed by atoms with van der Waals surface area (Å²) in [5, 5.41) is 3.69. The fourth-order valence-electron chi connectivity index (χ4n) is 3.58. The molecule has 0 atom stereocenters. The lowest BCUT2D eigenvalue weighted by atomic mass is 10.0. The molecule has 6 rings (SSSR count). The van der Waals surface area contributed by atoms with Gasteiger partial charge in [-0.1, -0.05) is 45.4 Å². The summed E-state index contributed by atoms with van der Waals surface area (Å²) >= 11 is 13.7. The summed E-state index contributed by atoms with van der Waals surface area (Å²) in [7, 11) is 0. The summed E-state index contributed by atoms with van der Waals surface area (Å²) in [6.45, 7) is 1.01. The second kappa shape index (κ2) is 7.23. The Morgan fingerprint density at radius 2 is 1.97 bits per heavy atom. The van der Waals surface area contributed by atoms with Gasteiger partial charge in [-0.25, -0.2) is 9.97 Å². The highest BCUT2D eigenvalue weighted by Crippen LogP contribution is 2.38. The van der Waals surface area contributed by atoms with Crippen LogP contribution in [0.4, 0.5) is 0 Å². The van der Waals surface area contributed by atoms with Crippen molar-refractivity contribution in [2.24, 2.45) is 0 Å². The average Bonchev–Trinajstić information content (AvgIpc) is 3.49. The van der Waals surface area contributed by atoms with Gasteiger partial charge in [-0.05, 0) is 23.8 Å². The molecule has 30 heavy (non-hydrogen) atoms. The van der Waals surface area contributed by atoms with Crippen LogP contribution in [0.15, 0.2) is 64.1 Å². The summed E-state index contributed by atoms with van der Waals surface area (Å²) in [6, 6.07) is 8.26. The van der Waals surface area contributed by atoms with E-state index in [1.807, 2.05) is 34.3 Å². The fraction of sp³-hybridized carbons (Fsp3) is 0.0952. The lowest BCUT2D eigenvalue weighted by Crippen LogP contribution is -1.90. The zero-order valence-corrected chi connectivity index (χ0v) is 19.4. The van der Waals surface area contributed by atoms with Crippen molar-refractivity contribution >= 4 is 55.6 Å². The SMILES string of the molecule is Clc1cnc(-c2cn3ccsc3n2)cc1-c1cc(-c2cn3c(n2)SCC3)ccc1Br. The highest BCUT2D eigenvalue weighted by atomic mass is 79.9. The van der Waals surface area contributed by atoms with Crippen LogP contribution >= 0.6 is 50.6 Å². The van der Waals surface area contributed by atoms with Gasteiger partial charge < -0.3 is 4.57 Å². The summed E-state index contributed by atoms with van der Waals surface area (Å²) in [4.78, 5) is 14.9. The third-order valence-electron chi connectivity index (χ3n) is 5.07. The van der Waals surface area contributed by atoms with E-state index in [2.05, 4.69) is 48.8 Å². The highest BCUT2D eigenvalue weighted by Gasteiger charge is 2.18. The number of halogens is 2. The standard InChI is InChI=1S/C21H13BrClN5S2/c22-15-2-1-12(18-10-27-3-5-29-20(27)25-18)7-13(15)14-8-17(24-9-16(14)23)19-11-28-4-6-30-21(28)26-19/h1-2,4,6-11H,3,5H2. The number of pyridine rings is 1. The molecule has 0 fully saturated rings. The topological polar surface area (TPSA) is 48.0 Å². The van der Waals surface area contributed by atoms with Crippen molar-refractivity contribution in [1.82, 2.24) is 23.9 Å². The van der Waals surface area contributed by atoms with Crippen molar-refractivity contribution in [2.75, 3.05) is 5.75 Å². The molecule has 5 heterocycles. The van der Waals surface area contributed by atoms with E-state index in [-0.39, 0.29) is 0 Å². The molecule has 0 saturated carbocycles. The highest BCUT2D eigenvalue weighted by molar-refractivity contribution is 9.10. The van der Waals surface area contributed by atoms with E-state index in [0.717, 1.165) is 60.7 Å². The number of fused-ring (bicyclic) bond motifs is 2. The molecular weight excluding hydrogens is 502 g/mol. The second-order valence-corrected chi connectivity index (χ2v) is 10.1. The Labute approximate surface area is 193 Å². The molecule has 0 spiro atoms. The molecule has 0 amide bonds. The van der Waals surface area contributed by atoms with E-state index >= 15 is 0 Å². The lowest BCUT2D eigenvalue weighted by molar-refractivity contribution is 0.719. The lowest BCUT2D eigenvalue weighted by Gasteiger charge is -2.10. The van der Waals surface area contributed by atoms with Gasteiger partial charge in [-0.2, -0.15) is 0 Å². The smallest absolute Gasteiger partial charge is 0.194 e. The number of nitrogens with zero attached hydrogens (tertiary/aromatic N) is 5. The van der Waals surface area contributed by atoms with Crippen LogP contribution in [0.5, 0.6) is 0 Å². The molecule has 1 aliphatic heterocycles. The first kappa shape index (κ1) is 18.6. The minimum absolute atomic E-state index is 0.598. The van der Waals surface area contributed by atoms with Crippen LogP contribution in [0.1, 0.15) is 0 Å². The maximum absolute atomic E-state index is 6.58. The molecule has 0 aliphatic carbocycles. The van der Waals surface area contributed by atoms with Gasteiger partial charge in [0, 0.05) is 58.1 Å². The minimum atomic E-state index is 0.598. The number of imidazole rings is 2. The van der Waals surface area contributed by atoms with Crippen molar-refractivity contribution in [2.45, 2.75) is 11.7 Å². The van der Waals surface area contributed by atoms with Crippen molar-refractivity contribution < 1.29 is 0 Å². The maximum atomic E-state index is 6.58. The molecule has 1 aromatic carbocycles. The average molecular weight is 515 g/mol. The molecule has 9 heteroatoms. The number of aryl methyl sites for hydroxylation is 1. The molecule has 1 aliphatic rings. The number of thioether (sulfide) groups is 1. The zero-order chi connectivity index (χ0) is 20.2. The van der Waals surface area contributed by atoms with Gasteiger partial charge >= 0.3 is 0 Å². The first-order valence-corrected chi connectivity index (χ1v) is 12.3. The number of aromatic nitrogens is 5. The number of thiazole rings is 1. The zero-order valence-electron chi connectivity index (χ0n) is 15.4. The van der Waals surface area contributed by atoms with Crippen LogP contribution in [0.3, 0.4) is 0 Å². The van der Waals surface area contributed by atoms with Crippen molar-refractivity contribution in [1.29, 1.82) is 0 Å². The van der Waals surface area contributed by atoms with Crippen molar-refractivity contribution in [3.8, 4) is 33.8 Å². The molecule has 0 radical (unpaired) electrons. The van der Waals surface area contributed by atoms with Crippen LogP contribution in [0, 0.1) is 0 Å². The summed E-state index contributed by atoms with van der Waals surface area (Å²) in [6.07, 6.45) is 7.80. The second-order valence-electron chi connectivity index (χ2n) is 6.91. The normalized spacial score (nSPS) is 13.3. The van der Waals surface area contributed by atoms with Crippen LogP contribution in [0.25, 0.3) is 38.7 Å². The Hall–Kier alpha value is -2.13. The third kappa shape index (κ3) is 3.10. The van der Waals surface area contributed by atoms with Gasteiger partial charge in [-0.15, -0.1) is 11.3 Å². The first-order chi connectivity index (χ1) is 14.7. The van der Waals surface area contributed by atoms with Gasteiger partial charge in [0.25, 0.3) is 0 Å². The van der Waals surface area contributed by atoms with Gasteiger partial charge in [0.1, 0.15) is 5.69 Å². The fourth-order valence-corrected chi connectivity index (χ4v) is 5.88. The van der Waals surface area contributed by atoms with Crippen LogP contribution in [-0.2, 0) is 6.54 Å². The molecule has 148 valence electrons. The Morgan fingerprint density at radius 1 is 1.03 bits per heavy atom. The molecule has 0 bridgehead atoms. The van der Waals surface area contributed by atoms with E-state index in [9.17, 15) is 0 Å². The Balaban J connectivity index is 1.45. The monoisotopic (exact) mass is 513 g/mol. The number of hydrogen-bond acceptors (Lipinski definition) is 5. The minimum Gasteiger partial charge on any atom is -0.325 e. The summed E-state index contributed by atoms with van der Waals surface area (Å²) in [5.41, 5.74) is 5.57. The van der Waals surface area contributed by atoms with E-state index in [1.54, 1.807) is 29.3 Å². The predicted molar refractivity (Wildman–Crippen MR) is 126 cm³/mol. The van der Waals surface area contributed by atoms with E-state index < -0.39 is 0 Å². The molecule has 0 unspecified atom stereocenters. The molecule has 0 N–H and O–H groups in total. The summed E-state index contributed by atoms with van der Waals surface area (Å²) < 4.78 is 5.18. The number of benzene rings is 1. The van der Waals surface area contributed by atoms with Crippen molar-refractivity contribution in [3.63, 3.8) is 0 Å². The van der Waals surface area contributed by atoms with E-state index in [1.165, 1.54) is 0 Å².